The number of methoxy groups -OCH3 is 3. The molecule has 1 aliphatic rings. The van der Waals surface area contributed by atoms with E-state index in [2.05, 4.69) is 0 Å². The van der Waals surface area contributed by atoms with Gasteiger partial charge in [-0.25, -0.2) is 4.39 Å². The molecule has 0 bridgehead atoms. The number of carbonyl (C=O) groups excluding carboxylic acids is 2. The average molecular weight is 437 g/mol. The Morgan fingerprint density at radius 2 is 1.80 bits per heavy atom. The van der Waals surface area contributed by atoms with Gasteiger partial charge < -0.3 is 19.1 Å². The van der Waals surface area contributed by atoms with Crippen LogP contribution in [0.5, 0.6) is 17.2 Å². The Balaban J connectivity index is 2.05. The molecule has 2 amide bonds. The highest BCUT2D eigenvalue weighted by atomic mass is 35.5. The third-order valence-corrected chi connectivity index (χ3v) is 5.14. The Hall–Kier alpha value is -3.00. The molecular formula is C21H22ClFN2O5. The summed E-state index contributed by atoms with van der Waals surface area (Å²) in [6.45, 7) is 0.545. The lowest BCUT2D eigenvalue weighted by Gasteiger charge is -2.28. The van der Waals surface area contributed by atoms with E-state index in [0.29, 0.717) is 35.9 Å². The zero-order valence-corrected chi connectivity index (χ0v) is 17.7. The number of carbonyl (C=O) groups is 2. The topological polar surface area (TPSA) is 68.3 Å². The predicted octanol–water partition coefficient (Wildman–Crippen LogP) is 3.73. The molecule has 30 heavy (non-hydrogen) atoms. The molecule has 1 fully saturated rings. The highest BCUT2D eigenvalue weighted by Gasteiger charge is 2.28. The van der Waals surface area contributed by atoms with Gasteiger partial charge in [-0.1, -0.05) is 11.6 Å². The van der Waals surface area contributed by atoms with E-state index in [-0.39, 0.29) is 23.2 Å². The lowest BCUT2D eigenvalue weighted by Crippen LogP contribution is -2.42. The lowest BCUT2D eigenvalue weighted by atomic mass is 10.1. The molecule has 2 aromatic rings. The summed E-state index contributed by atoms with van der Waals surface area (Å²) >= 11 is 5.94. The maximum Gasteiger partial charge on any atom is 0.260 e. The normalized spacial score (nSPS) is 13.4. The number of rotatable bonds is 7. The monoisotopic (exact) mass is 436 g/mol. The van der Waals surface area contributed by atoms with E-state index in [1.54, 1.807) is 4.90 Å². The van der Waals surface area contributed by atoms with Gasteiger partial charge in [-0.3, -0.25) is 14.5 Å². The Kier molecular flexibility index (Phi) is 6.66. The average Bonchev–Trinajstić information content (AvgIpc) is 3.16. The molecule has 7 nitrogen and oxygen atoms in total. The van der Waals surface area contributed by atoms with Crippen molar-refractivity contribution >= 4 is 29.1 Å². The number of halogens is 2. The van der Waals surface area contributed by atoms with Crippen molar-refractivity contribution in [2.75, 3.05) is 39.4 Å². The molecule has 2 aromatic carbocycles. The molecule has 160 valence electrons. The first-order valence-corrected chi connectivity index (χ1v) is 9.62. The van der Waals surface area contributed by atoms with Crippen LogP contribution >= 0.6 is 11.6 Å². The predicted molar refractivity (Wildman–Crippen MR) is 110 cm³/mol. The second-order valence-electron chi connectivity index (χ2n) is 6.65. The maximum atomic E-state index is 13.7. The van der Waals surface area contributed by atoms with Gasteiger partial charge in [0.15, 0.2) is 11.5 Å². The fourth-order valence-electron chi connectivity index (χ4n) is 3.30. The molecule has 9 heteroatoms. The van der Waals surface area contributed by atoms with Crippen molar-refractivity contribution in [3.8, 4) is 17.2 Å². The first-order valence-electron chi connectivity index (χ1n) is 9.24. The summed E-state index contributed by atoms with van der Waals surface area (Å²) < 4.78 is 29.6. The molecule has 0 aliphatic carbocycles. The quantitative estimate of drug-likeness (QED) is 0.661. The summed E-state index contributed by atoms with van der Waals surface area (Å²) in [4.78, 5) is 28.6. The van der Waals surface area contributed by atoms with E-state index in [0.717, 1.165) is 6.42 Å². The van der Waals surface area contributed by atoms with Gasteiger partial charge in [-0.2, -0.15) is 0 Å². The van der Waals surface area contributed by atoms with Crippen LogP contribution in [-0.2, 0) is 4.79 Å². The van der Waals surface area contributed by atoms with E-state index < -0.39 is 11.7 Å². The van der Waals surface area contributed by atoms with Gasteiger partial charge in [0.05, 0.1) is 26.4 Å². The maximum absolute atomic E-state index is 13.7. The van der Waals surface area contributed by atoms with Crippen LogP contribution in [0.1, 0.15) is 23.2 Å². The first kappa shape index (κ1) is 21.7. The Morgan fingerprint density at radius 3 is 2.30 bits per heavy atom. The number of anilines is 1. The van der Waals surface area contributed by atoms with Gasteiger partial charge in [0, 0.05) is 24.2 Å². The van der Waals surface area contributed by atoms with Crippen LogP contribution in [0.15, 0.2) is 30.3 Å². The Morgan fingerprint density at radius 1 is 1.13 bits per heavy atom. The number of likely N-dealkylation sites (tertiary alicyclic amines) is 1. The second-order valence-corrected chi connectivity index (χ2v) is 7.05. The summed E-state index contributed by atoms with van der Waals surface area (Å²) in [5.41, 5.74) is 0.608. The molecule has 0 saturated carbocycles. The van der Waals surface area contributed by atoms with E-state index in [1.807, 2.05) is 0 Å². The summed E-state index contributed by atoms with van der Waals surface area (Å²) in [6, 6.07) is 7.02. The van der Waals surface area contributed by atoms with Gasteiger partial charge in [0.2, 0.25) is 11.7 Å². The van der Waals surface area contributed by atoms with Crippen LogP contribution in [0, 0.1) is 5.82 Å². The summed E-state index contributed by atoms with van der Waals surface area (Å²) in [5, 5.41) is -0.122. The minimum atomic E-state index is -0.599. The van der Waals surface area contributed by atoms with Crippen LogP contribution in [0.25, 0.3) is 0 Å². The van der Waals surface area contributed by atoms with E-state index >= 15 is 0 Å². The standard InChI is InChI=1S/C21H22ClFN2O5/c1-28-17-9-13(10-18(29-2)20(17)30-3)21(27)25(12-24-8-4-5-19(24)26)14-6-7-16(23)15(22)11-14/h6-7,9-11H,4-5,8,12H2,1-3H3. The summed E-state index contributed by atoms with van der Waals surface area (Å²) in [7, 11) is 4.37. The Labute approximate surface area is 178 Å². The number of hydrogen-bond acceptors (Lipinski definition) is 5. The van der Waals surface area contributed by atoms with Crippen LogP contribution in [-0.4, -0.2) is 51.3 Å². The molecular weight excluding hydrogens is 415 g/mol. The molecule has 0 radical (unpaired) electrons. The third kappa shape index (κ3) is 4.28. The summed E-state index contributed by atoms with van der Waals surface area (Å²) in [5.74, 6) is -0.105. The van der Waals surface area contributed by atoms with Crippen LogP contribution in [0.4, 0.5) is 10.1 Å². The smallest absolute Gasteiger partial charge is 0.260 e. The SMILES string of the molecule is COc1cc(C(=O)N(CN2CCCC2=O)c2ccc(F)c(Cl)c2)cc(OC)c1OC. The van der Waals surface area contributed by atoms with E-state index in [9.17, 15) is 14.0 Å². The van der Waals surface area contributed by atoms with Gasteiger partial charge in [-0.15, -0.1) is 0 Å². The molecule has 0 spiro atoms. The summed E-state index contributed by atoms with van der Waals surface area (Å²) in [6.07, 6.45) is 1.14. The molecule has 0 N–H and O–H groups in total. The molecule has 3 rings (SSSR count). The van der Waals surface area contributed by atoms with Crippen molar-refractivity contribution in [3.05, 3.63) is 46.7 Å². The van der Waals surface area contributed by atoms with Crippen LogP contribution in [0.3, 0.4) is 0 Å². The second kappa shape index (κ2) is 9.21. The van der Waals surface area contributed by atoms with Crippen molar-refractivity contribution in [1.29, 1.82) is 0 Å². The van der Waals surface area contributed by atoms with Crippen molar-refractivity contribution in [2.45, 2.75) is 12.8 Å². The highest BCUT2D eigenvalue weighted by molar-refractivity contribution is 6.31. The molecule has 0 atom stereocenters. The number of hydrogen-bond donors (Lipinski definition) is 0. The van der Waals surface area contributed by atoms with Gasteiger partial charge >= 0.3 is 0 Å². The van der Waals surface area contributed by atoms with E-state index in [1.165, 1.54) is 56.6 Å². The minimum Gasteiger partial charge on any atom is -0.493 e. The molecule has 1 saturated heterocycles. The van der Waals surface area contributed by atoms with Gasteiger partial charge in [0.1, 0.15) is 12.5 Å². The fourth-order valence-corrected chi connectivity index (χ4v) is 3.48. The van der Waals surface area contributed by atoms with Crippen molar-refractivity contribution in [2.24, 2.45) is 0 Å². The highest BCUT2D eigenvalue weighted by Crippen LogP contribution is 2.39. The number of ether oxygens (including phenoxy) is 3. The zero-order valence-electron chi connectivity index (χ0n) is 16.9. The van der Waals surface area contributed by atoms with Crippen LogP contribution in [0.2, 0.25) is 5.02 Å². The van der Waals surface area contributed by atoms with Crippen LogP contribution < -0.4 is 19.1 Å². The zero-order chi connectivity index (χ0) is 21.8. The van der Waals surface area contributed by atoms with Gasteiger partial charge in [0.25, 0.3) is 5.91 Å². The lowest BCUT2D eigenvalue weighted by molar-refractivity contribution is -0.127. The Bertz CT molecular complexity index is 943. The van der Waals surface area contributed by atoms with Gasteiger partial charge in [-0.05, 0) is 36.8 Å². The van der Waals surface area contributed by atoms with Crippen molar-refractivity contribution in [1.82, 2.24) is 4.90 Å². The third-order valence-electron chi connectivity index (χ3n) is 4.86. The minimum absolute atomic E-state index is 0.0102. The molecule has 0 unspecified atom stereocenters. The van der Waals surface area contributed by atoms with Crippen molar-refractivity contribution < 1.29 is 28.2 Å². The van der Waals surface area contributed by atoms with E-state index in [4.69, 9.17) is 25.8 Å². The molecule has 1 heterocycles. The largest absolute Gasteiger partial charge is 0.493 e. The fraction of sp³-hybridized carbons (Fsp3) is 0.333. The van der Waals surface area contributed by atoms with Crippen molar-refractivity contribution in [3.63, 3.8) is 0 Å². The molecule has 0 aromatic heterocycles. The first-order chi connectivity index (χ1) is 14.4. The molecule has 1 aliphatic heterocycles. The number of nitrogens with zero attached hydrogens (tertiary/aromatic N) is 2. The number of amides is 2. The number of benzene rings is 2.